The number of hydrogen-bond acceptors (Lipinski definition) is 9. The van der Waals surface area contributed by atoms with Crippen LogP contribution in [0.4, 0.5) is 0 Å². The highest BCUT2D eigenvalue weighted by atomic mass is 32.2. The molecule has 2 aromatic carbocycles. The summed E-state index contributed by atoms with van der Waals surface area (Å²) in [5.74, 6) is 1.14. The minimum absolute atomic E-state index is 0.110. The van der Waals surface area contributed by atoms with Crippen LogP contribution < -0.4 is 10.1 Å². The Kier molecular flexibility index (Phi) is 8.91. The minimum Gasteiger partial charge on any atom is -0.497 e. The highest BCUT2D eigenvalue weighted by Gasteiger charge is 2.34. The second-order valence-electron chi connectivity index (χ2n) is 10.2. The Labute approximate surface area is 267 Å². The molecule has 4 heterocycles. The topological polar surface area (TPSA) is 102 Å². The van der Waals surface area contributed by atoms with Gasteiger partial charge in [0.2, 0.25) is 0 Å². The molecule has 9 nitrogen and oxygen atoms in total. The van der Waals surface area contributed by atoms with Gasteiger partial charge in [-0.05, 0) is 71.6 Å². The monoisotopic (exact) mass is 642 g/mol. The first-order valence-corrected chi connectivity index (χ1v) is 16.7. The van der Waals surface area contributed by atoms with Gasteiger partial charge in [-0.3, -0.25) is 14.2 Å². The average molecular weight is 643 g/mol. The summed E-state index contributed by atoms with van der Waals surface area (Å²) in [7, 11) is 1.63. The van der Waals surface area contributed by atoms with E-state index in [1.54, 1.807) is 29.5 Å². The lowest BCUT2D eigenvalue weighted by molar-refractivity contribution is -0.130. The van der Waals surface area contributed by atoms with Gasteiger partial charge < -0.3 is 10.1 Å². The molecule has 1 unspecified atom stereocenters. The summed E-state index contributed by atoms with van der Waals surface area (Å²) < 4.78 is 7.27. The highest BCUT2D eigenvalue weighted by molar-refractivity contribution is 7.99. The van der Waals surface area contributed by atoms with Crippen LogP contribution in [0.3, 0.4) is 0 Å². The van der Waals surface area contributed by atoms with Crippen LogP contribution >= 0.6 is 34.4 Å². The number of amides is 2. The molecule has 1 aliphatic heterocycles. The van der Waals surface area contributed by atoms with Gasteiger partial charge in [0.15, 0.2) is 11.0 Å². The van der Waals surface area contributed by atoms with Crippen molar-refractivity contribution in [2.24, 2.45) is 5.10 Å². The molecule has 2 amide bonds. The van der Waals surface area contributed by atoms with E-state index in [9.17, 15) is 9.59 Å². The van der Waals surface area contributed by atoms with Gasteiger partial charge >= 0.3 is 0 Å². The van der Waals surface area contributed by atoms with E-state index < -0.39 is 0 Å². The summed E-state index contributed by atoms with van der Waals surface area (Å²) in [5, 5.41) is 22.7. The Balaban J connectivity index is 1.26. The zero-order valence-corrected chi connectivity index (χ0v) is 26.8. The maximum absolute atomic E-state index is 13.8. The third kappa shape index (κ3) is 6.19. The number of hydrogen-bond donors (Lipinski definition) is 1. The van der Waals surface area contributed by atoms with Crippen molar-refractivity contribution in [1.82, 2.24) is 25.1 Å². The van der Waals surface area contributed by atoms with Crippen LogP contribution in [0.5, 0.6) is 5.75 Å². The second kappa shape index (κ2) is 13.2. The summed E-state index contributed by atoms with van der Waals surface area (Å²) in [6, 6.07) is 21.2. The number of hydrazone groups is 1. The maximum Gasteiger partial charge on any atom is 0.261 e. The third-order valence-corrected chi connectivity index (χ3v) is 10.2. The number of nitrogens with zero attached hydrogens (tertiary/aromatic N) is 5. The molecule has 0 spiro atoms. The number of thioether (sulfide) groups is 1. The number of rotatable bonds is 10. The molecule has 0 fully saturated rings. The summed E-state index contributed by atoms with van der Waals surface area (Å²) in [6.45, 7) is 4.28. The fourth-order valence-corrected chi connectivity index (χ4v) is 7.17. The van der Waals surface area contributed by atoms with Crippen molar-refractivity contribution in [1.29, 1.82) is 0 Å². The molecule has 5 aromatic rings. The van der Waals surface area contributed by atoms with Crippen molar-refractivity contribution in [2.45, 2.75) is 38.0 Å². The molecule has 0 saturated carbocycles. The van der Waals surface area contributed by atoms with Gasteiger partial charge in [0, 0.05) is 6.42 Å². The molecular formula is C32H30N6O3S3. The number of methoxy groups -OCH3 is 1. The number of aromatic nitrogens is 3. The fourth-order valence-electron chi connectivity index (χ4n) is 4.99. The van der Waals surface area contributed by atoms with E-state index >= 15 is 0 Å². The van der Waals surface area contributed by atoms with Crippen molar-refractivity contribution in [3.8, 4) is 11.4 Å². The van der Waals surface area contributed by atoms with E-state index in [1.807, 2.05) is 89.8 Å². The van der Waals surface area contributed by atoms with Gasteiger partial charge in [-0.1, -0.05) is 48.2 Å². The van der Waals surface area contributed by atoms with E-state index in [1.165, 1.54) is 23.1 Å². The molecular weight excluding hydrogens is 613 g/mol. The van der Waals surface area contributed by atoms with E-state index in [4.69, 9.17) is 9.84 Å². The average Bonchev–Trinajstić information content (AvgIpc) is 3.87. The molecule has 1 N–H and O–H groups in total. The number of benzene rings is 2. The largest absolute Gasteiger partial charge is 0.497 e. The van der Waals surface area contributed by atoms with Crippen LogP contribution in [0, 0.1) is 13.8 Å². The van der Waals surface area contributed by atoms with E-state index in [0.29, 0.717) is 22.3 Å². The lowest BCUT2D eigenvalue weighted by atomic mass is 10.0. The van der Waals surface area contributed by atoms with Gasteiger partial charge in [-0.25, -0.2) is 5.01 Å². The fraction of sp³-hybridized carbons (Fsp3) is 0.219. The predicted octanol–water partition coefficient (Wildman–Crippen LogP) is 6.42. The summed E-state index contributed by atoms with van der Waals surface area (Å²) in [5.41, 5.74) is 4.96. The van der Waals surface area contributed by atoms with Crippen LogP contribution in [0.25, 0.3) is 5.69 Å². The molecule has 0 bridgehead atoms. The lowest BCUT2D eigenvalue weighted by Crippen LogP contribution is -2.28. The minimum atomic E-state index is -0.231. The van der Waals surface area contributed by atoms with Gasteiger partial charge in [0.1, 0.15) is 5.75 Å². The number of nitrogens with one attached hydrogen (secondary N) is 1. The molecule has 6 rings (SSSR count). The van der Waals surface area contributed by atoms with Crippen LogP contribution in [0.1, 0.15) is 49.5 Å². The number of carbonyl (C=O) groups is 2. The van der Waals surface area contributed by atoms with Gasteiger partial charge in [-0.15, -0.1) is 32.9 Å². The number of ether oxygens (including phenoxy) is 1. The highest BCUT2D eigenvalue weighted by Crippen LogP contribution is 2.35. The SMILES string of the molecule is COc1ccc(C2CC(c3cccs3)=NN2C(=O)CSc2nnc(CNC(=O)c3cccs3)n2-c2cccc(C)c2C)cc1. The van der Waals surface area contributed by atoms with Crippen LogP contribution in [0.2, 0.25) is 0 Å². The van der Waals surface area contributed by atoms with Crippen molar-refractivity contribution in [3.63, 3.8) is 0 Å². The number of carbonyl (C=O) groups excluding carboxylic acids is 2. The van der Waals surface area contributed by atoms with Crippen molar-refractivity contribution >= 4 is 52.0 Å². The van der Waals surface area contributed by atoms with Gasteiger partial charge in [0.25, 0.3) is 11.8 Å². The summed E-state index contributed by atoms with van der Waals surface area (Å²) >= 11 is 4.30. The zero-order valence-electron chi connectivity index (χ0n) is 24.4. The van der Waals surface area contributed by atoms with Gasteiger partial charge in [0.05, 0.1) is 46.6 Å². The third-order valence-electron chi connectivity index (χ3n) is 7.47. The van der Waals surface area contributed by atoms with Crippen molar-refractivity contribution in [3.05, 3.63) is 110 Å². The smallest absolute Gasteiger partial charge is 0.261 e. The molecule has 224 valence electrons. The molecule has 0 aliphatic carbocycles. The lowest BCUT2D eigenvalue weighted by Gasteiger charge is -2.22. The van der Waals surface area contributed by atoms with Crippen LogP contribution in [0.15, 0.2) is 87.7 Å². The van der Waals surface area contributed by atoms with E-state index in [-0.39, 0.29) is 30.2 Å². The van der Waals surface area contributed by atoms with Crippen molar-refractivity contribution < 1.29 is 14.3 Å². The molecule has 0 saturated heterocycles. The summed E-state index contributed by atoms with van der Waals surface area (Å²) in [4.78, 5) is 28.2. The molecule has 12 heteroatoms. The van der Waals surface area contributed by atoms with E-state index in [0.717, 1.165) is 38.7 Å². The normalized spacial score (nSPS) is 14.5. The predicted molar refractivity (Wildman–Crippen MR) is 175 cm³/mol. The summed E-state index contributed by atoms with van der Waals surface area (Å²) in [6.07, 6.45) is 0.621. The Morgan fingerprint density at radius 1 is 1.00 bits per heavy atom. The molecule has 3 aromatic heterocycles. The Morgan fingerprint density at radius 3 is 2.52 bits per heavy atom. The Morgan fingerprint density at radius 2 is 1.80 bits per heavy atom. The molecule has 44 heavy (non-hydrogen) atoms. The molecule has 1 aliphatic rings. The Bertz CT molecular complexity index is 1800. The zero-order chi connectivity index (χ0) is 30.6. The maximum atomic E-state index is 13.8. The molecule has 1 atom stereocenters. The second-order valence-corrected chi connectivity index (χ2v) is 13.0. The van der Waals surface area contributed by atoms with Gasteiger partial charge in [-0.2, -0.15) is 5.10 Å². The first-order chi connectivity index (χ1) is 21.4. The Hall–Kier alpha value is -4.26. The quantitative estimate of drug-likeness (QED) is 0.177. The van der Waals surface area contributed by atoms with E-state index in [2.05, 4.69) is 15.5 Å². The van der Waals surface area contributed by atoms with Crippen LogP contribution in [-0.2, 0) is 11.3 Å². The standard InChI is InChI=1S/C32H30N6O3S3/c1-20-7-4-8-25(21(20)2)37-29(18-33-31(40)28-10-6-16-43-28)34-35-32(37)44-19-30(39)38-26(22-11-13-23(41-3)14-12-22)17-24(36-38)27-9-5-15-42-27/h4-16,26H,17-19H2,1-3H3,(H,33,40). The molecule has 0 radical (unpaired) electrons. The van der Waals surface area contributed by atoms with Crippen molar-refractivity contribution in [2.75, 3.05) is 12.9 Å². The van der Waals surface area contributed by atoms with Crippen LogP contribution in [-0.4, -0.2) is 50.2 Å². The first kappa shape index (κ1) is 29.8. The number of aryl methyl sites for hydroxylation is 1. The first-order valence-electron chi connectivity index (χ1n) is 14.0. The number of thiophene rings is 2.